The SMILES string of the molecule is CC(C)Oc1ccnc(NCCC(C)C(=O)O)n1. The van der Waals surface area contributed by atoms with Crippen LogP contribution >= 0.6 is 0 Å². The van der Waals surface area contributed by atoms with Crippen LogP contribution in [-0.2, 0) is 4.79 Å². The average Bonchev–Trinajstić information content (AvgIpc) is 2.28. The highest BCUT2D eigenvalue weighted by molar-refractivity contribution is 5.69. The summed E-state index contributed by atoms with van der Waals surface area (Å²) in [7, 11) is 0. The Morgan fingerprint density at radius 3 is 2.83 bits per heavy atom. The molecule has 1 unspecified atom stereocenters. The third-order valence-electron chi connectivity index (χ3n) is 2.27. The van der Waals surface area contributed by atoms with Gasteiger partial charge in [0.2, 0.25) is 11.8 Å². The Bertz CT molecular complexity index is 396. The molecule has 0 bridgehead atoms. The molecular formula is C12H19N3O3. The van der Waals surface area contributed by atoms with Crippen molar-refractivity contribution in [3.8, 4) is 5.88 Å². The summed E-state index contributed by atoms with van der Waals surface area (Å²) in [6.45, 7) is 6.02. The first kappa shape index (κ1) is 14.2. The van der Waals surface area contributed by atoms with E-state index in [1.807, 2.05) is 13.8 Å². The Kier molecular flexibility index (Phi) is 5.35. The van der Waals surface area contributed by atoms with E-state index in [1.165, 1.54) is 0 Å². The van der Waals surface area contributed by atoms with Gasteiger partial charge in [-0.1, -0.05) is 6.92 Å². The zero-order valence-corrected chi connectivity index (χ0v) is 10.9. The molecule has 0 aliphatic carbocycles. The molecule has 0 aromatic carbocycles. The molecule has 0 fully saturated rings. The standard InChI is InChI=1S/C12H19N3O3/c1-8(2)18-10-5-7-14-12(15-10)13-6-4-9(3)11(16)17/h5,7-9H,4,6H2,1-3H3,(H,16,17)(H,13,14,15). The molecule has 1 heterocycles. The predicted molar refractivity (Wildman–Crippen MR) is 67.7 cm³/mol. The van der Waals surface area contributed by atoms with Gasteiger partial charge in [0.25, 0.3) is 0 Å². The molecule has 1 aromatic rings. The molecule has 1 rings (SSSR count). The second-order valence-electron chi connectivity index (χ2n) is 4.34. The van der Waals surface area contributed by atoms with Crippen LogP contribution in [0.5, 0.6) is 5.88 Å². The summed E-state index contributed by atoms with van der Waals surface area (Å²) in [4.78, 5) is 18.8. The molecule has 0 saturated carbocycles. The minimum absolute atomic E-state index is 0.0554. The molecule has 100 valence electrons. The first-order valence-corrected chi connectivity index (χ1v) is 5.95. The van der Waals surface area contributed by atoms with Crippen LogP contribution in [0.4, 0.5) is 5.95 Å². The van der Waals surface area contributed by atoms with Gasteiger partial charge in [-0.3, -0.25) is 4.79 Å². The van der Waals surface area contributed by atoms with Crippen LogP contribution in [0.15, 0.2) is 12.3 Å². The predicted octanol–water partition coefficient (Wildman–Crippen LogP) is 1.79. The van der Waals surface area contributed by atoms with Gasteiger partial charge < -0.3 is 15.2 Å². The third-order valence-corrected chi connectivity index (χ3v) is 2.27. The number of rotatable bonds is 7. The van der Waals surface area contributed by atoms with Crippen LogP contribution in [0.25, 0.3) is 0 Å². The van der Waals surface area contributed by atoms with E-state index in [1.54, 1.807) is 19.2 Å². The maximum absolute atomic E-state index is 10.6. The van der Waals surface area contributed by atoms with Gasteiger partial charge in [0, 0.05) is 18.8 Å². The highest BCUT2D eigenvalue weighted by Gasteiger charge is 2.10. The number of anilines is 1. The quantitative estimate of drug-likeness (QED) is 0.770. The Balaban J connectivity index is 2.45. The lowest BCUT2D eigenvalue weighted by Gasteiger charge is -2.10. The van der Waals surface area contributed by atoms with Gasteiger partial charge >= 0.3 is 5.97 Å². The van der Waals surface area contributed by atoms with Gasteiger partial charge in [0.15, 0.2) is 0 Å². The van der Waals surface area contributed by atoms with Crippen molar-refractivity contribution < 1.29 is 14.6 Å². The van der Waals surface area contributed by atoms with Crippen molar-refractivity contribution in [1.82, 2.24) is 9.97 Å². The zero-order chi connectivity index (χ0) is 13.5. The number of carbonyl (C=O) groups is 1. The number of nitrogens with one attached hydrogen (secondary N) is 1. The average molecular weight is 253 g/mol. The maximum atomic E-state index is 10.6. The minimum Gasteiger partial charge on any atom is -0.481 e. The van der Waals surface area contributed by atoms with Crippen molar-refractivity contribution in [2.24, 2.45) is 5.92 Å². The molecule has 2 N–H and O–H groups in total. The van der Waals surface area contributed by atoms with E-state index in [4.69, 9.17) is 9.84 Å². The highest BCUT2D eigenvalue weighted by Crippen LogP contribution is 2.10. The second-order valence-corrected chi connectivity index (χ2v) is 4.34. The third kappa shape index (κ3) is 4.99. The summed E-state index contributed by atoms with van der Waals surface area (Å²) in [6.07, 6.45) is 2.18. The molecule has 1 atom stereocenters. The van der Waals surface area contributed by atoms with Crippen LogP contribution < -0.4 is 10.1 Å². The van der Waals surface area contributed by atoms with Crippen molar-refractivity contribution >= 4 is 11.9 Å². The van der Waals surface area contributed by atoms with Gasteiger partial charge in [-0.2, -0.15) is 4.98 Å². The van der Waals surface area contributed by atoms with Crippen LogP contribution in [0.1, 0.15) is 27.2 Å². The molecule has 6 nitrogen and oxygen atoms in total. The molecule has 0 radical (unpaired) electrons. The van der Waals surface area contributed by atoms with E-state index in [0.29, 0.717) is 24.8 Å². The number of aliphatic carboxylic acids is 1. The molecule has 0 amide bonds. The van der Waals surface area contributed by atoms with Gasteiger partial charge in [-0.15, -0.1) is 0 Å². The summed E-state index contributed by atoms with van der Waals surface area (Å²) >= 11 is 0. The summed E-state index contributed by atoms with van der Waals surface area (Å²) in [6, 6.07) is 1.69. The summed E-state index contributed by atoms with van der Waals surface area (Å²) < 4.78 is 5.44. The van der Waals surface area contributed by atoms with Crippen molar-refractivity contribution in [2.75, 3.05) is 11.9 Å². The van der Waals surface area contributed by atoms with Crippen molar-refractivity contribution in [3.05, 3.63) is 12.3 Å². The lowest BCUT2D eigenvalue weighted by atomic mass is 10.1. The van der Waals surface area contributed by atoms with Crippen molar-refractivity contribution in [3.63, 3.8) is 0 Å². The fourth-order valence-corrected chi connectivity index (χ4v) is 1.26. The first-order chi connectivity index (χ1) is 8.49. The van der Waals surface area contributed by atoms with E-state index in [0.717, 1.165) is 0 Å². The Morgan fingerprint density at radius 1 is 1.50 bits per heavy atom. The van der Waals surface area contributed by atoms with E-state index in [2.05, 4.69) is 15.3 Å². The normalized spacial score (nSPS) is 12.2. The lowest BCUT2D eigenvalue weighted by molar-refractivity contribution is -0.141. The molecule has 0 aliphatic heterocycles. The van der Waals surface area contributed by atoms with Crippen LogP contribution in [0.3, 0.4) is 0 Å². The Hall–Kier alpha value is -1.85. The van der Waals surface area contributed by atoms with Gasteiger partial charge in [0.05, 0.1) is 12.0 Å². The topological polar surface area (TPSA) is 84.3 Å². The van der Waals surface area contributed by atoms with Gasteiger partial charge in [-0.05, 0) is 20.3 Å². The van der Waals surface area contributed by atoms with Gasteiger partial charge in [-0.25, -0.2) is 4.98 Å². The lowest BCUT2D eigenvalue weighted by Crippen LogP contribution is -2.15. The smallest absolute Gasteiger partial charge is 0.306 e. The fourth-order valence-electron chi connectivity index (χ4n) is 1.26. The Morgan fingerprint density at radius 2 is 2.22 bits per heavy atom. The largest absolute Gasteiger partial charge is 0.481 e. The van der Waals surface area contributed by atoms with Crippen LogP contribution in [0, 0.1) is 5.92 Å². The monoisotopic (exact) mass is 253 g/mol. The van der Waals surface area contributed by atoms with E-state index < -0.39 is 5.97 Å². The second kappa shape index (κ2) is 6.78. The summed E-state index contributed by atoms with van der Waals surface area (Å²) in [5, 5.41) is 11.7. The molecule has 0 spiro atoms. The number of ether oxygens (including phenoxy) is 1. The minimum atomic E-state index is -0.797. The molecule has 0 saturated heterocycles. The number of carboxylic acid groups (broad SMARTS) is 1. The molecule has 6 heteroatoms. The van der Waals surface area contributed by atoms with Crippen LogP contribution in [-0.4, -0.2) is 33.7 Å². The van der Waals surface area contributed by atoms with E-state index >= 15 is 0 Å². The Labute approximate surface area is 106 Å². The fraction of sp³-hybridized carbons (Fsp3) is 0.583. The van der Waals surface area contributed by atoms with Crippen LogP contribution in [0.2, 0.25) is 0 Å². The summed E-state index contributed by atoms with van der Waals surface area (Å²) in [5.74, 6) is -0.221. The van der Waals surface area contributed by atoms with E-state index in [-0.39, 0.29) is 12.0 Å². The highest BCUT2D eigenvalue weighted by atomic mass is 16.5. The van der Waals surface area contributed by atoms with Crippen molar-refractivity contribution in [2.45, 2.75) is 33.3 Å². The maximum Gasteiger partial charge on any atom is 0.306 e. The summed E-state index contributed by atoms with van der Waals surface area (Å²) in [5.41, 5.74) is 0. The molecular weight excluding hydrogens is 234 g/mol. The molecule has 1 aromatic heterocycles. The number of carboxylic acids is 1. The zero-order valence-electron chi connectivity index (χ0n) is 10.9. The number of hydrogen-bond acceptors (Lipinski definition) is 5. The number of hydrogen-bond donors (Lipinski definition) is 2. The number of nitrogens with zero attached hydrogens (tertiary/aromatic N) is 2. The number of aromatic nitrogens is 2. The van der Waals surface area contributed by atoms with Gasteiger partial charge in [0.1, 0.15) is 0 Å². The molecule has 0 aliphatic rings. The first-order valence-electron chi connectivity index (χ1n) is 5.95. The van der Waals surface area contributed by atoms with E-state index in [9.17, 15) is 4.79 Å². The molecule has 18 heavy (non-hydrogen) atoms. The van der Waals surface area contributed by atoms with Crippen molar-refractivity contribution in [1.29, 1.82) is 0 Å².